The maximum Gasteiger partial charge on any atom is 0.0793 e. The third-order valence-corrected chi connectivity index (χ3v) is 6.74. The maximum atomic E-state index is 10.7. The molecule has 0 spiro atoms. The molecule has 1 saturated heterocycles. The number of hydrogen-bond donors (Lipinski definition) is 1. The molecular formula is C24H30ClNO. The summed E-state index contributed by atoms with van der Waals surface area (Å²) in [5, 5.41) is 11.5. The molecule has 4 rings (SSSR count). The summed E-state index contributed by atoms with van der Waals surface area (Å²) in [5.41, 5.74) is 2.45. The van der Waals surface area contributed by atoms with E-state index in [9.17, 15) is 5.11 Å². The monoisotopic (exact) mass is 383 g/mol. The Morgan fingerprint density at radius 2 is 1.67 bits per heavy atom. The number of rotatable bonds is 6. The van der Waals surface area contributed by atoms with Gasteiger partial charge in [0.05, 0.1) is 6.10 Å². The summed E-state index contributed by atoms with van der Waals surface area (Å²) in [5.74, 6) is 1.33. The minimum atomic E-state index is -0.353. The van der Waals surface area contributed by atoms with E-state index in [1.165, 1.54) is 44.2 Å². The van der Waals surface area contributed by atoms with Crippen LogP contribution in [0.4, 0.5) is 0 Å². The molecule has 3 heteroatoms. The van der Waals surface area contributed by atoms with Crippen molar-refractivity contribution in [1.29, 1.82) is 0 Å². The van der Waals surface area contributed by atoms with Gasteiger partial charge in [-0.3, -0.25) is 4.90 Å². The summed E-state index contributed by atoms with van der Waals surface area (Å²) in [4.78, 5) is 2.69. The zero-order valence-electron chi connectivity index (χ0n) is 15.9. The van der Waals surface area contributed by atoms with Gasteiger partial charge in [-0.25, -0.2) is 0 Å². The lowest BCUT2D eigenvalue weighted by Crippen LogP contribution is -2.43. The molecule has 2 aliphatic rings. The molecule has 2 aromatic carbocycles. The predicted octanol–water partition coefficient (Wildman–Crippen LogP) is 6.02. The van der Waals surface area contributed by atoms with Crippen molar-refractivity contribution in [2.75, 3.05) is 13.1 Å². The van der Waals surface area contributed by atoms with E-state index in [1.54, 1.807) is 0 Å². The largest absolute Gasteiger partial charge is 0.388 e. The number of aliphatic hydroxyl groups is 1. The summed E-state index contributed by atoms with van der Waals surface area (Å²) >= 11 is 6.13. The number of likely N-dealkylation sites (tertiary alicyclic amines) is 1. The van der Waals surface area contributed by atoms with Crippen LogP contribution in [0.2, 0.25) is 5.02 Å². The first-order valence-electron chi connectivity index (χ1n) is 10.4. The second-order valence-electron chi connectivity index (χ2n) is 8.35. The minimum absolute atomic E-state index is 0.353. The van der Waals surface area contributed by atoms with Gasteiger partial charge in [0.1, 0.15) is 0 Å². The SMILES string of the molecule is O[C@@H](CC1CCCN(C(c2ccc(Cl)cc2)C2CCC2)C1)c1ccccc1. The van der Waals surface area contributed by atoms with Gasteiger partial charge < -0.3 is 5.11 Å². The average Bonchev–Trinajstić information content (AvgIpc) is 2.66. The molecule has 1 aliphatic carbocycles. The van der Waals surface area contributed by atoms with Crippen molar-refractivity contribution in [3.63, 3.8) is 0 Å². The van der Waals surface area contributed by atoms with E-state index < -0.39 is 0 Å². The van der Waals surface area contributed by atoms with Gasteiger partial charge in [-0.2, -0.15) is 0 Å². The van der Waals surface area contributed by atoms with Gasteiger partial charge in [0.25, 0.3) is 0 Å². The number of halogens is 1. The number of nitrogens with zero attached hydrogens (tertiary/aromatic N) is 1. The van der Waals surface area contributed by atoms with Crippen molar-refractivity contribution in [1.82, 2.24) is 4.90 Å². The van der Waals surface area contributed by atoms with Crippen molar-refractivity contribution in [2.24, 2.45) is 11.8 Å². The van der Waals surface area contributed by atoms with Crippen LogP contribution in [0.5, 0.6) is 0 Å². The van der Waals surface area contributed by atoms with Crippen LogP contribution in [0.15, 0.2) is 54.6 Å². The highest BCUT2D eigenvalue weighted by atomic mass is 35.5. The third kappa shape index (κ3) is 4.56. The summed E-state index contributed by atoms with van der Waals surface area (Å²) in [6, 6.07) is 19.1. The molecule has 2 fully saturated rings. The molecule has 0 aromatic heterocycles. The standard InChI is InChI=1S/C24H30ClNO/c25-22-13-11-21(12-14-22)24(20-9-4-10-20)26-15-5-6-18(17-26)16-23(27)19-7-2-1-3-8-19/h1-3,7-8,11-14,18,20,23-24,27H,4-6,9-10,15-17H2/t18?,23-,24?/m0/s1. The zero-order valence-corrected chi connectivity index (χ0v) is 16.7. The molecule has 1 saturated carbocycles. The Morgan fingerprint density at radius 1 is 0.926 bits per heavy atom. The lowest BCUT2D eigenvalue weighted by atomic mass is 9.75. The third-order valence-electron chi connectivity index (χ3n) is 6.49. The van der Waals surface area contributed by atoms with Gasteiger partial charge in [-0.15, -0.1) is 0 Å². The maximum absolute atomic E-state index is 10.7. The molecule has 2 nitrogen and oxygen atoms in total. The fraction of sp³-hybridized carbons (Fsp3) is 0.500. The summed E-state index contributed by atoms with van der Waals surface area (Å²) in [6.45, 7) is 2.26. The smallest absolute Gasteiger partial charge is 0.0793 e. The second kappa shape index (κ2) is 8.77. The topological polar surface area (TPSA) is 23.5 Å². The van der Waals surface area contributed by atoms with E-state index in [4.69, 9.17) is 11.6 Å². The van der Waals surface area contributed by atoms with E-state index in [-0.39, 0.29) is 6.10 Å². The first kappa shape index (κ1) is 19.0. The number of aliphatic hydroxyl groups excluding tert-OH is 1. The van der Waals surface area contributed by atoms with Crippen LogP contribution < -0.4 is 0 Å². The van der Waals surface area contributed by atoms with Gasteiger partial charge in [-0.05, 0) is 73.7 Å². The molecule has 1 aliphatic heterocycles. The van der Waals surface area contributed by atoms with Crippen LogP contribution in [0.3, 0.4) is 0 Å². The average molecular weight is 384 g/mol. The summed E-state index contributed by atoms with van der Waals surface area (Å²) in [6.07, 6.45) is 6.98. The van der Waals surface area contributed by atoms with Crippen molar-refractivity contribution in [3.05, 3.63) is 70.7 Å². The lowest BCUT2D eigenvalue weighted by Gasteiger charge is -2.45. The fourth-order valence-electron chi connectivity index (χ4n) is 4.87. The highest BCUT2D eigenvalue weighted by Gasteiger charge is 2.35. The number of benzene rings is 2. The first-order valence-corrected chi connectivity index (χ1v) is 10.8. The molecule has 0 radical (unpaired) electrons. The number of hydrogen-bond acceptors (Lipinski definition) is 2. The molecule has 2 aromatic rings. The van der Waals surface area contributed by atoms with Gasteiger partial charge in [0.2, 0.25) is 0 Å². The fourth-order valence-corrected chi connectivity index (χ4v) is 4.99. The normalized spacial score (nSPS) is 23.6. The summed E-state index contributed by atoms with van der Waals surface area (Å²) < 4.78 is 0. The molecule has 144 valence electrons. The van der Waals surface area contributed by atoms with E-state index >= 15 is 0 Å². The van der Waals surface area contributed by atoms with Crippen LogP contribution in [0.25, 0.3) is 0 Å². The van der Waals surface area contributed by atoms with E-state index in [1.807, 2.05) is 42.5 Å². The first-order chi connectivity index (χ1) is 13.2. The highest BCUT2D eigenvalue weighted by Crippen LogP contribution is 2.43. The molecule has 0 amide bonds. The van der Waals surface area contributed by atoms with Crippen molar-refractivity contribution in [3.8, 4) is 0 Å². The Bertz CT molecular complexity index is 713. The quantitative estimate of drug-likeness (QED) is 0.659. The Hall–Kier alpha value is -1.35. The van der Waals surface area contributed by atoms with Gasteiger partial charge >= 0.3 is 0 Å². The number of piperidine rings is 1. The van der Waals surface area contributed by atoms with Gasteiger partial charge in [0.15, 0.2) is 0 Å². The highest BCUT2D eigenvalue weighted by molar-refractivity contribution is 6.30. The van der Waals surface area contributed by atoms with Crippen molar-refractivity contribution in [2.45, 2.75) is 50.7 Å². The molecular weight excluding hydrogens is 354 g/mol. The van der Waals surface area contributed by atoms with Crippen LogP contribution in [0.1, 0.15) is 61.8 Å². The molecule has 27 heavy (non-hydrogen) atoms. The van der Waals surface area contributed by atoms with Crippen LogP contribution in [0, 0.1) is 11.8 Å². The molecule has 2 unspecified atom stereocenters. The second-order valence-corrected chi connectivity index (χ2v) is 8.79. The van der Waals surface area contributed by atoms with Crippen LogP contribution in [-0.4, -0.2) is 23.1 Å². The Labute approximate surface area is 168 Å². The van der Waals surface area contributed by atoms with Gasteiger partial charge in [0, 0.05) is 17.6 Å². The molecule has 0 bridgehead atoms. The molecule has 1 N–H and O–H groups in total. The minimum Gasteiger partial charge on any atom is -0.388 e. The van der Waals surface area contributed by atoms with E-state index in [0.29, 0.717) is 12.0 Å². The van der Waals surface area contributed by atoms with E-state index in [2.05, 4.69) is 17.0 Å². The lowest BCUT2D eigenvalue weighted by molar-refractivity contribution is 0.0388. The summed E-state index contributed by atoms with van der Waals surface area (Å²) in [7, 11) is 0. The predicted molar refractivity (Wildman–Crippen MR) is 112 cm³/mol. The van der Waals surface area contributed by atoms with Crippen LogP contribution >= 0.6 is 11.6 Å². The van der Waals surface area contributed by atoms with Crippen molar-refractivity contribution >= 4 is 11.6 Å². The molecule has 3 atom stereocenters. The molecule has 1 heterocycles. The van der Waals surface area contributed by atoms with E-state index in [0.717, 1.165) is 29.5 Å². The van der Waals surface area contributed by atoms with Crippen molar-refractivity contribution < 1.29 is 5.11 Å². The van der Waals surface area contributed by atoms with Gasteiger partial charge in [-0.1, -0.05) is 60.5 Å². The van der Waals surface area contributed by atoms with Crippen LogP contribution in [-0.2, 0) is 0 Å². The Morgan fingerprint density at radius 3 is 2.33 bits per heavy atom. The Balaban J connectivity index is 1.46. The zero-order chi connectivity index (χ0) is 18.6. The Kier molecular flexibility index (Phi) is 6.17.